The average molecular weight is 292 g/mol. The van der Waals surface area contributed by atoms with Gasteiger partial charge in [0.15, 0.2) is 0 Å². The number of rotatable bonds is 0. The minimum absolute atomic E-state index is 0.334. The summed E-state index contributed by atoms with van der Waals surface area (Å²) in [7, 11) is 0. The van der Waals surface area contributed by atoms with E-state index in [-0.39, 0.29) is 5.56 Å². The number of aromatic nitrogens is 4. The highest BCUT2D eigenvalue weighted by Crippen LogP contribution is 2.24. The zero-order valence-corrected chi connectivity index (χ0v) is 9.50. The van der Waals surface area contributed by atoms with Gasteiger partial charge in [0.2, 0.25) is 0 Å². The van der Waals surface area contributed by atoms with E-state index in [1.165, 1.54) is 17.2 Å². The first kappa shape index (κ1) is 15.2. The first-order valence-electron chi connectivity index (χ1n) is 4.87. The third kappa shape index (κ3) is 4.44. The van der Waals surface area contributed by atoms with Crippen molar-refractivity contribution < 1.29 is 13.2 Å². The summed E-state index contributed by atoms with van der Waals surface area (Å²) in [4.78, 5) is 48.6. The fraction of sp³-hybridized carbons (Fsp3) is 0.111. The highest BCUT2D eigenvalue weighted by molar-refractivity contribution is 5.07. The standard InChI is InChI=1S/C5H3F3N2O2.C4H4N2O2/c6-5(7,8)2-1-9-4(12)10-3(2)11;7-3-1-2-5-4(8)6-3/h1H,(H2,9,10,11,12);1-2H,(H2,5,6,7,8). The Balaban J connectivity index is 0.000000217. The largest absolute Gasteiger partial charge is 0.423 e. The van der Waals surface area contributed by atoms with E-state index in [1.54, 1.807) is 4.98 Å². The molecule has 0 fully saturated rings. The normalized spacial score (nSPS) is 10.6. The Kier molecular flexibility index (Phi) is 4.46. The lowest BCUT2D eigenvalue weighted by Crippen LogP contribution is -2.28. The molecule has 0 atom stereocenters. The second-order valence-electron chi connectivity index (χ2n) is 3.28. The van der Waals surface area contributed by atoms with E-state index >= 15 is 0 Å². The molecule has 0 aromatic carbocycles. The third-order valence-corrected chi connectivity index (χ3v) is 1.81. The van der Waals surface area contributed by atoms with Crippen LogP contribution in [-0.2, 0) is 6.18 Å². The summed E-state index contributed by atoms with van der Waals surface area (Å²) in [5, 5.41) is 0. The molecule has 0 aliphatic rings. The monoisotopic (exact) mass is 292 g/mol. The predicted molar refractivity (Wildman–Crippen MR) is 60.4 cm³/mol. The lowest BCUT2D eigenvalue weighted by Gasteiger charge is -2.02. The SMILES string of the molecule is O=c1[nH]cc(C(F)(F)F)c(=O)[nH]1.O=c1cc[nH]c(=O)[nH]1. The summed E-state index contributed by atoms with van der Waals surface area (Å²) >= 11 is 0. The first-order valence-corrected chi connectivity index (χ1v) is 4.87. The molecule has 0 saturated heterocycles. The van der Waals surface area contributed by atoms with Gasteiger partial charge in [-0.1, -0.05) is 0 Å². The molecular weight excluding hydrogens is 285 g/mol. The molecule has 2 heterocycles. The second kappa shape index (κ2) is 5.86. The quantitative estimate of drug-likeness (QED) is 0.503. The Labute approximate surface area is 106 Å². The van der Waals surface area contributed by atoms with Crippen LogP contribution in [0.5, 0.6) is 0 Å². The van der Waals surface area contributed by atoms with Gasteiger partial charge in [-0.25, -0.2) is 9.59 Å². The molecule has 4 N–H and O–H groups in total. The van der Waals surface area contributed by atoms with Crippen molar-refractivity contribution in [2.45, 2.75) is 6.18 Å². The number of H-pyrrole nitrogens is 4. The average Bonchev–Trinajstić information content (AvgIpc) is 2.27. The number of hydrogen-bond acceptors (Lipinski definition) is 4. The zero-order chi connectivity index (χ0) is 15.3. The summed E-state index contributed by atoms with van der Waals surface area (Å²) in [6.07, 6.45) is -3.11. The number of aromatic amines is 4. The van der Waals surface area contributed by atoms with Gasteiger partial charge < -0.3 is 9.97 Å². The molecule has 2 rings (SSSR count). The number of hydrogen-bond donors (Lipinski definition) is 4. The summed E-state index contributed by atoms with van der Waals surface area (Å²) in [5.41, 5.74) is -4.67. The Morgan fingerprint density at radius 2 is 1.50 bits per heavy atom. The van der Waals surface area contributed by atoms with Crippen LogP contribution in [0.4, 0.5) is 13.2 Å². The van der Waals surface area contributed by atoms with Gasteiger partial charge in [0.25, 0.3) is 11.1 Å². The van der Waals surface area contributed by atoms with Crippen molar-refractivity contribution in [3.8, 4) is 0 Å². The van der Waals surface area contributed by atoms with Gasteiger partial charge in [-0.2, -0.15) is 13.2 Å². The fourth-order valence-electron chi connectivity index (χ4n) is 1.00. The Hall–Kier alpha value is -2.85. The maximum Gasteiger partial charge on any atom is 0.423 e. The summed E-state index contributed by atoms with van der Waals surface area (Å²) in [5.74, 6) is 0. The Morgan fingerprint density at radius 3 is 1.90 bits per heavy atom. The smallest absolute Gasteiger partial charge is 0.314 e. The van der Waals surface area contributed by atoms with E-state index in [0.717, 1.165) is 0 Å². The van der Waals surface area contributed by atoms with Crippen LogP contribution in [0.15, 0.2) is 37.6 Å². The summed E-state index contributed by atoms with van der Waals surface area (Å²) in [6, 6.07) is 1.24. The van der Waals surface area contributed by atoms with Crippen LogP contribution in [0.2, 0.25) is 0 Å². The molecule has 2 aromatic heterocycles. The van der Waals surface area contributed by atoms with Crippen molar-refractivity contribution in [2.75, 3.05) is 0 Å². The molecule has 20 heavy (non-hydrogen) atoms. The molecule has 0 aliphatic heterocycles. The molecular formula is C9H7F3N4O4. The minimum Gasteiger partial charge on any atom is -0.314 e. The van der Waals surface area contributed by atoms with Gasteiger partial charge >= 0.3 is 17.6 Å². The lowest BCUT2D eigenvalue weighted by molar-refractivity contribution is -0.139. The van der Waals surface area contributed by atoms with Crippen molar-refractivity contribution in [1.29, 1.82) is 0 Å². The van der Waals surface area contributed by atoms with Gasteiger partial charge in [-0.15, -0.1) is 0 Å². The highest BCUT2D eigenvalue weighted by atomic mass is 19.4. The highest BCUT2D eigenvalue weighted by Gasteiger charge is 2.34. The molecule has 0 radical (unpaired) electrons. The van der Waals surface area contributed by atoms with Gasteiger partial charge in [0, 0.05) is 18.5 Å². The molecule has 0 amide bonds. The molecule has 108 valence electrons. The van der Waals surface area contributed by atoms with Crippen molar-refractivity contribution in [2.24, 2.45) is 0 Å². The van der Waals surface area contributed by atoms with E-state index < -0.39 is 28.7 Å². The van der Waals surface area contributed by atoms with Gasteiger partial charge in [-0.3, -0.25) is 19.6 Å². The van der Waals surface area contributed by atoms with Crippen LogP contribution in [0.25, 0.3) is 0 Å². The molecule has 0 saturated carbocycles. The number of alkyl halides is 3. The van der Waals surface area contributed by atoms with Crippen molar-refractivity contribution >= 4 is 0 Å². The molecule has 0 bridgehead atoms. The topological polar surface area (TPSA) is 131 Å². The van der Waals surface area contributed by atoms with Crippen LogP contribution >= 0.6 is 0 Å². The van der Waals surface area contributed by atoms with Gasteiger partial charge in [0.1, 0.15) is 5.56 Å². The Bertz CT molecular complexity index is 773. The van der Waals surface area contributed by atoms with E-state index in [0.29, 0.717) is 6.20 Å². The number of nitrogens with one attached hydrogen (secondary N) is 4. The van der Waals surface area contributed by atoms with Gasteiger partial charge in [0.05, 0.1) is 0 Å². The van der Waals surface area contributed by atoms with E-state index in [9.17, 15) is 32.3 Å². The van der Waals surface area contributed by atoms with Crippen molar-refractivity contribution in [3.05, 3.63) is 65.7 Å². The molecule has 0 spiro atoms. The van der Waals surface area contributed by atoms with Crippen LogP contribution in [0.3, 0.4) is 0 Å². The van der Waals surface area contributed by atoms with E-state index in [4.69, 9.17) is 0 Å². The van der Waals surface area contributed by atoms with Crippen LogP contribution in [-0.4, -0.2) is 19.9 Å². The maximum absolute atomic E-state index is 11.8. The van der Waals surface area contributed by atoms with E-state index in [2.05, 4.69) is 4.98 Å². The van der Waals surface area contributed by atoms with Gasteiger partial charge in [-0.05, 0) is 0 Å². The zero-order valence-electron chi connectivity index (χ0n) is 9.50. The third-order valence-electron chi connectivity index (χ3n) is 1.81. The lowest BCUT2D eigenvalue weighted by atomic mass is 10.3. The first-order chi connectivity index (χ1) is 9.20. The summed E-state index contributed by atoms with van der Waals surface area (Å²) in [6.45, 7) is 0. The molecule has 0 unspecified atom stereocenters. The fourth-order valence-corrected chi connectivity index (χ4v) is 1.00. The summed E-state index contributed by atoms with van der Waals surface area (Å²) < 4.78 is 35.5. The van der Waals surface area contributed by atoms with E-state index in [1.807, 2.05) is 4.98 Å². The minimum atomic E-state index is -4.74. The molecule has 2 aromatic rings. The molecule has 8 nitrogen and oxygen atoms in total. The molecule has 11 heteroatoms. The van der Waals surface area contributed by atoms with Crippen LogP contribution < -0.4 is 22.5 Å². The predicted octanol–water partition coefficient (Wildman–Crippen LogP) is -0.855. The van der Waals surface area contributed by atoms with Crippen LogP contribution in [0, 0.1) is 0 Å². The molecule has 0 aliphatic carbocycles. The van der Waals surface area contributed by atoms with Crippen molar-refractivity contribution in [1.82, 2.24) is 19.9 Å². The van der Waals surface area contributed by atoms with Crippen LogP contribution in [0.1, 0.15) is 5.56 Å². The maximum atomic E-state index is 11.8. The Morgan fingerprint density at radius 1 is 0.900 bits per heavy atom. The van der Waals surface area contributed by atoms with Crippen molar-refractivity contribution in [3.63, 3.8) is 0 Å². The number of halogens is 3. The second-order valence-corrected chi connectivity index (χ2v) is 3.28.